The maximum absolute atomic E-state index is 4.18. The number of allylic oxidation sites excluding steroid dienone is 2. The van der Waals surface area contributed by atoms with Gasteiger partial charge in [0.05, 0.1) is 0 Å². The molecule has 0 fully saturated rings. The van der Waals surface area contributed by atoms with E-state index in [1.54, 1.807) is 12.3 Å². The van der Waals surface area contributed by atoms with Crippen molar-refractivity contribution in [1.29, 1.82) is 0 Å². The average Bonchev–Trinajstić information content (AvgIpc) is 1.89. The zero-order valence-electron chi connectivity index (χ0n) is 6.96. The van der Waals surface area contributed by atoms with Gasteiger partial charge in [-0.3, -0.25) is 4.99 Å². The molecule has 0 amide bonds. The molecule has 0 radical (unpaired) electrons. The Morgan fingerprint density at radius 1 is 1.50 bits per heavy atom. The zero-order chi connectivity index (χ0) is 7.98. The van der Waals surface area contributed by atoms with Gasteiger partial charge in [-0.05, 0) is 18.9 Å². The lowest BCUT2D eigenvalue weighted by Gasteiger charge is -2.01. The molecule has 0 aliphatic rings. The van der Waals surface area contributed by atoms with Crippen molar-refractivity contribution in [3.8, 4) is 0 Å². The van der Waals surface area contributed by atoms with E-state index < -0.39 is 0 Å². The van der Waals surface area contributed by atoms with Crippen molar-refractivity contribution in [2.75, 3.05) is 0 Å². The third-order valence-corrected chi connectivity index (χ3v) is 1.17. The van der Waals surface area contributed by atoms with E-state index in [4.69, 9.17) is 0 Å². The van der Waals surface area contributed by atoms with Gasteiger partial charge < -0.3 is 0 Å². The molecule has 10 heavy (non-hydrogen) atoms. The van der Waals surface area contributed by atoms with Gasteiger partial charge in [0.2, 0.25) is 0 Å². The molecule has 0 saturated carbocycles. The molecule has 0 N–H and O–H groups in total. The maximum Gasteiger partial charge on any atom is 0.0422 e. The van der Waals surface area contributed by atoms with E-state index in [9.17, 15) is 0 Å². The number of hydrogen-bond acceptors (Lipinski definition) is 1. The van der Waals surface area contributed by atoms with Crippen LogP contribution >= 0.6 is 0 Å². The summed E-state index contributed by atoms with van der Waals surface area (Å²) in [5, 5.41) is 0. The first-order valence-corrected chi connectivity index (χ1v) is 3.53. The van der Waals surface area contributed by atoms with Gasteiger partial charge in [-0.1, -0.05) is 26.5 Å². The summed E-state index contributed by atoms with van der Waals surface area (Å²) in [6, 6.07) is 0. The van der Waals surface area contributed by atoms with Crippen LogP contribution in [-0.2, 0) is 0 Å². The molecule has 0 saturated heterocycles. The summed E-state index contributed by atoms with van der Waals surface area (Å²) in [6.45, 7) is 9.82. The van der Waals surface area contributed by atoms with E-state index in [0.717, 1.165) is 5.71 Å². The smallest absolute Gasteiger partial charge is 0.0422 e. The van der Waals surface area contributed by atoms with Gasteiger partial charge in [-0.25, -0.2) is 0 Å². The van der Waals surface area contributed by atoms with Crippen LogP contribution in [0.2, 0.25) is 0 Å². The molecule has 0 aliphatic heterocycles. The molecular weight excluding hydrogens is 122 g/mol. The summed E-state index contributed by atoms with van der Waals surface area (Å²) >= 11 is 0. The van der Waals surface area contributed by atoms with Crippen LogP contribution in [0.25, 0.3) is 0 Å². The topological polar surface area (TPSA) is 12.4 Å². The Kier molecular flexibility index (Phi) is 4.55. The standard InChI is InChI=1S/C9H15N/c1-5-7-10-9(6-2)8(3)4/h5-8H,2H2,1,3-4H3/b7-5-,10-9+. The van der Waals surface area contributed by atoms with E-state index in [1.165, 1.54) is 0 Å². The Labute approximate surface area is 63.2 Å². The van der Waals surface area contributed by atoms with Crippen molar-refractivity contribution in [1.82, 2.24) is 0 Å². The van der Waals surface area contributed by atoms with Crippen molar-refractivity contribution >= 4 is 5.71 Å². The fraction of sp³-hybridized carbons (Fsp3) is 0.444. The molecule has 0 rings (SSSR count). The lowest BCUT2D eigenvalue weighted by atomic mass is 10.1. The minimum atomic E-state index is 0.466. The summed E-state index contributed by atoms with van der Waals surface area (Å²) in [4.78, 5) is 4.18. The van der Waals surface area contributed by atoms with E-state index in [1.807, 2.05) is 13.0 Å². The summed E-state index contributed by atoms with van der Waals surface area (Å²) in [5.74, 6) is 0.466. The second kappa shape index (κ2) is 4.98. The van der Waals surface area contributed by atoms with Crippen molar-refractivity contribution in [2.24, 2.45) is 10.9 Å². The van der Waals surface area contributed by atoms with Crippen LogP contribution in [0.5, 0.6) is 0 Å². The number of rotatable bonds is 3. The van der Waals surface area contributed by atoms with Gasteiger partial charge in [0, 0.05) is 11.9 Å². The molecule has 0 unspecified atom stereocenters. The third kappa shape index (κ3) is 3.23. The van der Waals surface area contributed by atoms with E-state index >= 15 is 0 Å². The molecule has 0 heterocycles. The zero-order valence-corrected chi connectivity index (χ0v) is 6.96. The van der Waals surface area contributed by atoms with Crippen LogP contribution in [-0.4, -0.2) is 5.71 Å². The van der Waals surface area contributed by atoms with E-state index in [-0.39, 0.29) is 0 Å². The van der Waals surface area contributed by atoms with Gasteiger partial charge in [0.1, 0.15) is 0 Å². The van der Waals surface area contributed by atoms with Crippen LogP contribution in [0.1, 0.15) is 20.8 Å². The lowest BCUT2D eigenvalue weighted by molar-refractivity contribution is 0.889. The molecule has 0 aromatic rings. The normalized spacial score (nSPS) is 13.0. The first kappa shape index (κ1) is 9.15. The van der Waals surface area contributed by atoms with Crippen LogP contribution in [0.15, 0.2) is 29.9 Å². The number of aliphatic imine (C=N–C) groups is 1. The SMILES string of the molecule is C=C/C(=N\C=C/C)C(C)C. The van der Waals surface area contributed by atoms with Crippen molar-refractivity contribution in [2.45, 2.75) is 20.8 Å². The van der Waals surface area contributed by atoms with Crippen LogP contribution in [0.3, 0.4) is 0 Å². The minimum absolute atomic E-state index is 0.466. The summed E-state index contributed by atoms with van der Waals surface area (Å²) in [5.41, 5.74) is 1.04. The molecule has 0 bridgehead atoms. The predicted molar refractivity (Wildman–Crippen MR) is 47.3 cm³/mol. The quantitative estimate of drug-likeness (QED) is 0.530. The summed E-state index contributed by atoms with van der Waals surface area (Å²) in [7, 11) is 0. The predicted octanol–water partition coefficient (Wildman–Crippen LogP) is 2.80. The first-order valence-electron chi connectivity index (χ1n) is 3.53. The molecule has 1 nitrogen and oxygen atoms in total. The van der Waals surface area contributed by atoms with Crippen LogP contribution < -0.4 is 0 Å². The van der Waals surface area contributed by atoms with Gasteiger partial charge in [-0.15, -0.1) is 0 Å². The Morgan fingerprint density at radius 3 is 2.40 bits per heavy atom. The first-order chi connectivity index (χ1) is 4.72. The summed E-state index contributed by atoms with van der Waals surface area (Å²) < 4.78 is 0. The highest BCUT2D eigenvalue weighted by molar-refractivity contribution is 5.96. The number of nitrogens with zero attached hydrogens (tertiary/aromatic N) is 1. The molecule has 0 aromatic carbocycles. The molecule has 0 spiro atoms. The van der Waals surface area contributed by atoms with Gasteiger partial charge in [0.25, 0.3) is 0 Å². The molecular formula is C9H15N. The summed E-state index contributed by atoms with van der Waals surface area (Å²) in [6.07, 6.45) is 5.49. The molecule has 0 aromatic heterocycles. The Balaban J connectivity index is 4.18. The van der Waals surface area contributed by atoms with Crippen molar-refractivity contribution in [3.63, 3.8) is 0 Å². The average molecular weight is 137 g/mol. The lowest BCUT2D eigenvalue weighted by Crippen LogP contribution is -2.01. The van der Waals surface area contributed by atoms with Crippen LogP contribution in [0, 0.1) is 5.92 Å². The molecule has 0 aliphatic carbocycles. The second-order valence-corrected chi connectivity index (χ2v) is 2.40. The minimum Gasteiger partial charge on any atom is -0.261 e. The highest BCUT2D eigenvalue weighted by Gasteiger charge is 1.96. The molecule has 1 heteroatoms. The molecule has 0 atom stereocenters. The highest BCUT2D eigenvalue weighted by Crippen LogP contribution is 1.98. The fourth-order valence-corrected chi connectivity index (χ4v) is 0.598. The molecule has 56 valence electrons. The van der Waals surface area contributed by atoms with Crippen molar-refractivity contribution < 1.29 is 0 Å². The van der Waals surface area contributed by atoms with E-state index in [2.05, 4.69) is 25.4 Å². The second-order valence-electron chi connectivity index (χ2n) is 2.40. The number of hydrogen-bond donors (Lipinski definition) is 0. The highest BCUT2D eigenvalue weighted by atomic mass is 14.7. The Bertz CT molecular complexity index is 152. The Morgan fingerprint density at radius 2 is 2.10 bits per heavy atom. The van der Waals surface area contributed by atoms with Gasteiger partial charge >= 0.3 is 0 Å². The third-order valence-electron chi connectivity index (χ3n) is 1.17. The van der Waals surface area contributed by atoms with Crippen LogP contribution in [0.4, 0.5) is 0 Å². The van der Waals surface area contributed by atoms with Gasteiger partial charge in [-0.2, -0.15) is 0 Å². The van der Waals surface area contributed by atoms with Crippen molar-refractivity contribution in [3.05, 3.63) is 24.9 Å². The maximum atomic E-state index is 4.18. The van der Waals surface area contributed by atoms with Gasteiger partial charge in [0.15, 0.2) is 0 Å². The Hall–Kier alpha value is -0.850. The largest absolute Gasteiger partial charge is 0.261 e. The fourth-order valence-electron chi connectivity index (χ4n) is 0.598. The monoisotopic (exact) mass is 137 g/mol. The van der Waals surface area contributed by atoms with E-state index in [0.29, 0.717) is 5.92 Å².